The summed E-state index contributed by atoms with van der Waals surface area (Å²) in [7, 11) is 1.64. The van der Waals surface area contributed by atoms with Gasteiger partial charge in [0.15, 0.2) is 11.5 Å². The Hall–Kier alpha value is -2.95. The maximum atomic E-state index is 13.1. The third kappa shape index (κ3) is 3.69. The summed E-state index contributed by atoms with van der Waals surface area (Å²) in [5.41, 5.74) is 4.42. The highest BCUT2D eigenvalue weighted by molar-refractivity contribution is 6.20. The lowest BCUT2D eigenvalue weighted by Crippen LogP contribution is -2.29. The maximum Gasteiger partial charge on any atom is 0.252 e. The van der Waals surface area contributed by atoms with Gasteiger partial charge < -0.3 is 19.5 Å². The number of amides is 1. The molecule has 1 unspecified atom stereocenters. The van der Waals surface area contributed by atoms with Crippen LogP contribution >= 0.6 is 0 Å². The third-order valence-electron chi connectivity index (χ3n) is 5.41. The summed E-state index contributed by atoms with van der Waals surface area (Å²) in [6.45, 7) is 8.51. The molecule has 4 rings (SSSR count). The fourth-order valence-corrected chi connectivity index (χ4v) is 3.98. The largest absolute Gasteiger partial charge is 0.493 e. The highest BCUT2D eigenvalue weighted by Crippen LogP contribution is 2.43. The van der Waals surface area contributed by atoms with E-state index in [2.05, 4.69) is 25.2 Å². The lowest BCUT2D eigenvalue weighted by atomic mass is 9.96. The molecule has 5 heteroatoms. The minimum atomic E-state index is -0.255. The average molecular weight is 393 g/mol. The molecule has 29 heavy (non-hydrogen) atoms. The Kier molecular flexibility index (Phi) is 4.77. The first-order valence-electron chi connectivity index (χ1n) is 9.92. The predicted molar refractivity (Wildman–Crippen MR) is 113 cm³/mol. The molecule has 0 bridgehead atoms. The van der Waals surface area contributed by atoms with Gasteiger partial charge in [0, 0.05) is 23.1 Å². The second-order valence-corrected chi connectivity index (χ2v) is 8.37. The van der Waals surface area contributed by atoms with Gasteiger partial charge in [-0.15, -0.1) is 0 Å². The van der Waals surface area contributed by atoms with Crippen molar-refractivity contribution in [1.29, 1.82) is 0 Å². The van der Waals surface area contributed by atoms with Gasteiger partial charge in [0.25, 0.3) is 5.91 Å². The Bertz CT molecular complexity index is 1010. The Morgan fingerprint density at radius 1 is 1.24 bits per heavy atom. The molecule has 0 radical (unpaired) electrons. The van der Waals surface area contributed by atoms with E-state index in [9.17, 15) is 4.79 Å². The maximum absolute atomic E-state index is 13.1. The number of hydrogen-bond donors (Lipinski definition) is 1. The minimum absolute atomic E-state index is 0.108. The SMILES string of the molecule is COc1cc(C(C)NC(=O)C2=CCOc3ccc(C)cc32)cc2c1OC(C)(C)C2. The van der Waals surface area contributed by atoms with Crippen LogP contribution in [0.3, 0.4) is 0 Å². The zero-order chi connectivity index (χ0) is 20.8. The van der Waals surface area contributed by atoms with Crippen molar-refractivity contribution in [3.05, 3.63) is 58.7 Å². The number of ether oxygens (including phenoxy) is 3. The van der Waals surface area contributed by atoms with Crippen molar-refractivity contribution in [1.82, 2.24) is 5.32 Å². The van der Waals surface area contributed by atoms with Crippen LogP contribution in [0.4, 0.5) is 0 Å². The van der Waals surface area contributed by atoms with Crippen LogP contribution in [0.25, 0.3) is 5.57 Å². The monoisotopic (exact) mass is 393 g/mol. The van der Waals surface area contributed by atoms with E-state index >= 15 is 0 Å². The quantitative estimate of drug-likeness (QED) is 0.838. The molecule has 2 aliphatic heterocycles. The van der Waals surface area contributed by atoms with Gasteiger partial charge in [-0.3, -0.25) is 4.79 Å². The first-order valence-corrected chi connectivity index (χ1v) is 9.92. The number of hydrogen-bond acceptors (Lipinski definition) is 4. The molecule has 2 aliphatic rings. The normalized spacial score (nSPS) is 17.2. The molecule has 1 amide bonds. The Morgan fingerprint density at radius 3 is 2.79 bits per heavy atom. The first kappa shape index (κ1) is 19.4. The molecular formula is C24H27NO4. The van der Waals surface area contributed by atoms with E-state index < -0.39 is 0 Å². The van der Waals surface area contributed by atoms with Crippen LogP contribution in [-0.4, -0.2) is 25.2 Å². The number of benzene rings is 2. The molecule has 0 aliphatic carbocycles. The summed E-state index contributed by atoms with van der Waals surface area (Å²) < 4.78 is 17.3. The molecule has 1 atom stereocenters. The number of rotatable bonds is 4. The van der Waals surface area contributed by atoms with Gasteiger partial charge in [0.1, 0.15) is 18.0 Å². The predicted octanol–water partition coefficient (Wildman–Crippen LogP) is 4.37. The molecule has 0 aromatic heterocycles. The molecule has 2 aromatic rings. The van der Waals surface area contributed by atoms with Gasteiger partial charge in [-0.05, 0) is 63.6 Å². The fourth-order valence-electron chi connectivity index (χ4n) is 3.98. The lowest BCUT2D eigenvalue weighted by molar-refractivity contribution is -0.116. The average Bonchev–Trinajstić information content (AvgIpc) is 3.00. The lowest BCUT2D eigenvalue weighted by Gasteiger charge is -2.22. The second-order valence-electron chi connectivity index (χ2n) is 8.37. The highest BCUT2D eigenvalue weighted by atomic mass is 16.5. The highest BCUT2D eigenvalue weighted by Gasteiger charge is 2.33. The van der Waals surface area contributed by atoms with Crippen LogP contribution < -0.4 is 19.5 Å². The van der Waals surface area contributed by atoms with E-state index in [0.29, 0.717) is 17.9 Å². The Labute approximate surface area is 171 Å². The number of fused-ring (bicyclic) bond motifs is 2. The van der Waals surface area contributed by atoms with E-state index in [1.54, 1.807) is 7.11 Å². The standard InChI is InChI=1S/C24H27NO4/c1-14-6-7-20-19(10-14)18(8-9-28-20)23(26)25-15(2)16-11-17-13-24(3,4)29-22(17)21(12-16)27-5/h6-8,10-12,15H,9,13H2,1-5H3,(H,25,26). The van der Waals surface area contributed by atoms with Crippen molar-refractivity contribution in [2.45, 2.75) is 45.8 Å². The Morgan fingerprint density at radius 2 is 2.03 bits per heavy atom. The van der Waals surface area contributed by atoms with Gasteiger partial charge in [-0.1, -0.05) is 11.6 Å². The van der Waals surface area contributed by atoms with Crippen molar-refractivity contribution in [2.24, 2.45) is 0 Å². The number of carbonyl (C=O) groups is 1. The zero-order valence-corrected chi connectivity index (χ0v) is 17.6. The first-order chi connectivity index (χ1) is 13.8. The summed E-state index contributed by atoms with van der Waals surface area (Å²) in [4.78, 5) is 13.1. The molecule has 152 valence electrons. The third-order valence-corrected chi connectivity index (χ3v) is 5.41. The molecule has 2 aromatic carbocycles. The van der Waals surface area contributed by atoms with Crippen LogP contribution in [0, 0.1) is 6.92 Å². The van der Waals surface area contributed by atoms with Gasteiger partial charge >= 0.3 is 0 Å². The van der Waals surface area contributed by atoms with E-state index in [1.807, 2.05) is 44.2 Å². The number of carbonyl (C=O) groups excluding carboxylic acids is 1. The molecule has 2 heterocycles. The van der Waals surface area contributed by atoms with Crippen molar-refractivity contribution in [3.8, 4) is 17.2 Å². The molecule has 5 nitrogen and oxygen atoms in total. The van der Waals surface area contributed by atoms with Crippen LogP contribution in [0.2, 0.25) is 0 Å². The topological polar surface area (TPSA) is 56.8 Å². The summed E-state index contributed by atoms with van der Waals surface area (Å²) >= 11 is 0. The van der Waals surface area contributed by atoms with Gasteiger partial charge in [-0.2, -0.15) is 0 Å². The van der Waals surface area contributed by atoms with Crippen molar-refractivity contribution >= 4 is 11.5 Å². The number of aryl methyl sites for hydroxylation is 1. The molecule has 0 saturated carbocycles. The van der Waals surface area contributed by atoms with Crippen molar-refractivity contribution < 1.29 is 19.0 Å². The van der Waals surface area contributed by atoms with E-state index in [1.165, 1.54) is 0 Å². The van der Waals surface area contributed by atoms with Crippen molar-refractivity contribution in [2.75, 3.05) is 13.7 Å². The van der Waals surface area contributed by atoms with Crippen LogP contribution in [0.15, 0.2) is 36.4 Å². The molecule has 0 spiro atoms. The second kappa shape index (κ2) is 7.14. The Balaban J connectivity index is 1.58. The molecule has 0 fully saturated rings. The van der Waals surface area contributed by atoms with Crippen molar-refractivity contribution in [3.63, 3.8) is 0 Å². The zero-order valence-electron chi connectivity index (χ0n) is 17.6. The number of methoxy groups -OCH3 is 1. The summed E-state index contributed by atoms with van der Waals surface area (Å²) in [6.07, 6.45) is 2.64. The molecule has 0 saturated heterocycles. The van der Waals surface area contributed by atoms with Gasteiger partial charge in [-0.25, -0.2) is 0 Å². The fraction of sp³-hybridized carbons (Fsp3) is 0.375. The smallest absolute Gasteiger partial charge is 0.252 e. The van der Waals surface area contributed by atoms with Crippen LogP contribution in [0.1, 0.15) is 49.1 Å². The van der Waals surface area contributed by atoms with Gasteiger partial charge in [0.2, 0.25) is 0 Å². The van der Waals surface area contributed by atoms with E-state index in [4.69, 9.17) is 14.2 Å². The minimum Gasteiger partial charge on any atom is -0.493 e. The summed E-state index contributed by atoms with van der Waals surface area (Å²) in [5, 5.41) is 3.13. The van der Waals surface area contributed by atoms with Gasteiger partial charge in [0.05, 0.1) is 13.2 Å². The van der Waals surface area contributed by atoms with Crippen LogP contribution in [-0.2, 0) is 11.2 Å². The molecule has 1 N–H and O–H groups in total. The van der Waals surface area contributed by atoms with E-state index in [-0.39, 0.29) is 17.6 Å². The summed E-state index contributed by atoms with van der Waals surface area (Å²) in [5.74, 6) is 2.14. The number of nitrogens with one attached hydrogen (secondary N) is 1. The van der Waals surface area contributed by atoms with E-state index in [0.717, 1.165) is 40.2 Å². The molecular weight excluding hydrogens is 366 g/mol. The summed E-state index contributed by atoms with van der Waals surface area (Å²) in [6, 6.07) is 9.77. The van der Waals surface area contributed by atoms with Crippen LogP contribution in [0.5, 0.6) is 17.2 Å².